The predicted octanol–water partition coefficient (Wildman–Crippen LogP) is 2.20. The summed E-state index contributed by atoms with van der Waals surface area (Å²) in [5.41, 5.74) is 0.0480. The number of nitrogens with one attached hydrogen (secondary N) is 1. The molecule has 2 aliphatic rings. The Morgan fingerprint density at radius 1 is 1.24 bits per heavy atom. The summed E-state index contributed by atoms with van der Waals surface area (Å²) in [6.45, 7) is 0. The topological polar surface area (TPSA) is 109 Å². The first-order valence-corrected chi connectivity index (χ1v) is 11.2. The minimum Gasteiger partial charge on any atom is -0.507 e. The number of piperidine rings is 2. The molecular formula is C23H25F2N7O2. The number of halogens is 2. The zero-order chi connectivity index (χ0) is 24.0. The molecule has 0 aliphatic carbocycles. The lowest BCUT2D eigenvalue weighted by Gasteiger charge is -2.45. The first kappa shape index (κ1) is 22.3. The van der Waals surface area contributed by atoms with E-state index in [0.29, 0.717) is 29.4 Å². The number of rotatable bonds is 4. The van der Waals surface area contributed by atoms with Gasteiger partial charge in [0, 0.05) is 37.8 Å². The minimum atomic E-state index is -1.01. The molecule has 34 heavy (non-hydrogen) atoms. The molecule has 2 N–H and O–H groups in total. The fourth-order valence-electron chi connectivity index (χ4n) is 4.82. The number of hydrogen-bond acceptors (Lipinski definition) is 8. The number of hydrogen-bond donors (Lipinski definition) is 2. The van der Waals surface area contributed by atoms with Crippen molar-refractivity contribution in [3.8, 4) is 28.4 Å². The van der Waals surface area contributed by atoms with Crippen molar-refractivity contribution in [2.45, 2.75) is 50.0 Å². The summed E-state index contributed by atoms with van der Waals surface area (Å²) in [5.74, 6) is -0.271. The van der Waals surface area contributed by atoms with E-state index in [2.05, 4.69) is 25.5 Å². The van der Waals surface area contributed by atoms with Crippen molar-refractivity contribution in [2.24, 2.45) is 7.05 Å². The number of alkyl halides is 1. The maximum atomic E-state index is 15.0. The van der Waals surface area contributed by atoms with E-state index in [1.54, 1.807) is 24.1 Å². The van der Waals surface area contributed by atoms with Gasteiger partial charge in [-0.05, 0) is 31.4 Å². The molecule has 3 aromatic rings. The number of fused-ring (bicyclic) bond motifs is 2. The number of aromatic hydroxyl groups is 1. The molecule has 0 saturated carbocycles. The molecule has 2 aliphatic heterocycles. The highest BCUT2D eigenvalue weighted by atomic mass is 19.1. The highest BCUT2D eigenvalue weighted by molar-refractivity contribution is 5.71. The van der Waals surface area contributed by atoms with Crippen LogP contribution in [-0.2, 0) is 7.05 Å². The van der Waals surface area contributed by atoms with Crippen molar-refractivity contribution < 1.29 is 13.9 Å². The molecule has 0 amide bonds. The van der Waals surface area contributed by atoms with E-state index in [1.807, 2.05) is 0 Å². The van der Waals surface area contributed by atoms with Crippen molar-refractivity contribution in [3.05, 3.63) is 46.9 Å². The van der Waals surface area contributed by atoms with Gasteiger partial charge in [0.15, 0.2) is 17.6 Å². The van der Waals surface area contributed by atoms with Crippen molar-refractivity contribution in [1.82, 2.24) is 30.0 Å². The van der Waals surface area contributed by atoms with Crippen molar-refractivity contribution in [1.29, 1.82) is 0 Å². The van der Waals surface area contributed by atoms with Crippen LogP contribution in [0, 0.1) is 5.95 Å². The van der Waals surface area contributed by atoms with Crippen LogP contribution in [0.25, 0.3) is 22.6 Å². The fraction of sp³-hybridized carbons (Fsp3) is 0.435. The Bertz CT molecular complexity index is 1270. The van der Waals surface area contributed by atoms with Gasteiger partial charge in [0.25, 0.3) is 0 Å². The molecule has 0 spiro atoms. The Morgan fingerprint density at radius 3 is 2.76 bits per heavy atom. The third-order valence-corrected chi connectivity index (χ3v) is 6.82. The largest absolute Gasteiger partial charge is 0.507 e. The van der Waals surface area contributed by atoms with Gasteiger partial charge in [-0.15, -0.1) is 10.2 Å². The normalized spacial score (nSPS) is 24.1. The van der Waals surface area contributed by atoms with E-state index < -0.39 is 17.8 Å². The molecule has 5 rings (SSSR count). The van der Waals surface area contributed by atoms with Crippen LogP contribution in [0.5, 0.6) is 5.75 Å². The molecule has 178 valence electrons. The van der Waals surface area contributed by atoms with Crippen LogP contribution in [0.2, 0.25) is 0 Å². The van der Waals surface area contributed by atoms with E-state index in [9.17, 15) is 14.3 Å². The third kappa shape index (κ3) is 4.00. The van der Waals surface area contributed by atoms with E-state index >= 15 is 4.39 Å². The number of aromatic nitrogens is 5. The lowest BCUT2D eigenvalue weighted by molar-refractivity contribution is 0.107. The average Bonchev–Trinajstić information content (AvgIpc) is 2.84. The highest BCUT2D eigenvalue weighted by Crippen LogP contribution is 2.33. The molecule has 1 aromatic carbocycles. The Labute approximate surface area is 194 Å². The van der Waals surface area contributed by atoms with E-state index in [1.165, 1.54) is 19.3 Å². The van der Waals surface area contributed by atoms with Gasteiger partial charge in [-0.25, -0.2) is 14.2 Å². The molecular weight excluding hydrogens is 444 g/mol. The smallest absolute Gasteiger partial charge is 0.350 e. The van der Waals surface area contributed by atoms with E-state index in [-0.39, 0.29) is 29.4 Å². The predicted molar refractivity (Wildman–Crippen MR) is 122 cm³/mol. The Kier molecular flexibility index (Phi) is 5.72. The maximum absolute atomic E-state index is 15.0. The number of phenolic OH excluding ortho intramolecular Hbond substituents is 1. The van der Waals surface area contributed by atoms with Crippen LogP contribution in [-0.4, -0.2) is 61.2 Å². The zero-order valence-electron chi connectivity index (χ0n) is 18.8. The monoisotopic (exact) mass is 469 g/mol. The SMILES string of the molecule is CN(c1cnc(-c2ccc(-c3cc(F)n(C)c(=O)n3)cc2O)nn1)[C@@H]1C[C@H]2CCC[C@@H](N2)[C@@H]1F. The van der Waals surface area contributed by atoms with Gasteiger partial charge < -0.3 is 15.3 Å². The number of phenols is 1. The summed E-state index contributed by atoms with van der Waals surface area (Å²) < 4.78 is 29.7. The van der Waals surface area contributed by atoms with Crippen LogP contribution >= 0.6 is 0 Å². The summed E-state index contributed by atoms with van der Waals surface area (Å²) in [6, 6.07) is 5.48. The summed E-state index contributed by atoms with van der Waals surface area (Å²) in [5, 5.41) is 22.3. The van der Waals surface area contributed by atoms with Gasteiger partial charge in [-0.2, -0.15) is 9.37 Å². The van der Waals surface area contributed by atoms with E-state index in [4.69, 9.17) is 0 Å². The Morgan fingerprint density at radius 2 is 2.06 bits per heavy atom. The Balaban J connectivity index is 1.37. The molecule has 2 fully saturated rings. The second kappa shape index (κ2) is 8.71. The average molecular weight is 469 g/mol. The van der Waals surface area contributed by atoms with Gasteiger partial charge in [-0.3, -0.25) is 4.57 Å². The standard InChI is InChI=1S/C23H25F2N7O2/c1-31(17-9-13-4-3-5-15(27-13)21(17)25)20-11-26-22(30-29-20)14-7-6-12(8-18(14)33)16-10-19(24)32(2)23(34)28-16/h6-8,10-11,13,15,17,21,27,33H,3-5,9H2,1-2H3/t13-,15-,17-,21+/m1/s1. The highest BCUT2D eigenvalue weighted by Gasteiger charge is 2.42. The fourth-order valence-corrected chi connectivity index (χ4v) is 4.82. The summed E-state index contributed by atoms with van der Waals surface area (Å²) in [7, 11) is 3.08. The summed E-state index contributed by atoms with van der Waals surface area (Å²) >= 11 is 0. The summed E-state index contributed by atoms with van der Waals surface area (Å²) in [6.07, 6.45) is 4.12. The molecule has 2 aromatic heterocycles. The van der Waals surface area contributed by atoms with Crippen LogP contribution in [0.15, 0.2) is 35.3 Å². The molecule has 2 saturated heterocycles. The number of nitrogens with zero attached hydrogens (tertiary/aromatic N) is 6. The molecule has 0 radical (unpaired) electrons. The van der Waals surface area contributed by atoms with Crippen LogP contribution in [0.3, 0.4) is 0 Å². The van der Waals surface area contributed by atoms with Crippen LogP contribution in [0.1, 0.15) is 25.7 Å². The van der Waals surface area contributed by atoms with Crippen molar-refractivity contribution in [2.75, 3.05) is 11.9 Å². The lowest BCUT2D eigenvalue weighted by atomic mass is 9.82. The number of anilines is 1. The second-order valence-corrected chi connectivity index (χ2v) is 8.94. The first-order valence-electron chi connectivity index (χ1n) is 11.2. The minimum absolute atomic E-state index is 0.103. The second-order valence-electron chi connectivity index (χ2n) is 8.94. The third-order valence-electron chi connectivity index (χ3n) is 6.82. The molecule has 2 bridgehead atoms. The first-order chi connectivity index (χ1) is 16.3. The van der Waals surface area contributed by atoms with Gasteiger partial charge in [0.05, 0.1) is 23.5 Å². The van der Waals surface area contributed by atoms with Crippen molar-refractivity contribution >= 4 is 5.82 Å². The molecule has 4 heterocycles. The van der Waals surface area contributed by atoms with E-state index in [0.717, 1.165) is 29.9 Å². The molecule has 4 atom stereocenters. The van der Waals surface area contributed by atoms with Gasteiger partial charge >= 0.3 is 5.69 Å². The Hall–Kier alpha value is -3.47. The van der Waals surface area contributed by atoms with Crippen molar-refractivity contribution in [3.63, 3.8) is 0 Å². The summed E-state index contributed by atoms with van der Waals surface area (Å²) in [4.78, 5) is 21.7. The number of benzene rings is 1. The van der Waals surface area contributed by atoms with Gasteiger partial charge in [-0.1, -0.05) is 12.5 Å². The van der Waals surface area contributed by atoms with Crippen LogP contribution in [0.4, 0.5) is 14.6 Å². The molecule has 9 nitrogen and oxygen atoms in total. The maximum Gasteiger partial charge on any atom is 0.350 e. The zero-order valence-corrected chi connectivity index (χ0v) is 18.8. The van der Waals surface area contributed by atoms with Crippen LogP contribution < -0.4 is 15.9 Å². The quantitative estimate of drug-likeness (QED) is 0.560. The lowest BCUT2D eigenvalue weighted by Crippen LogP contribution is -2.61. The molecule has 0 unspecified atom stereocenters. The molecule has 11 heteroatoms. The van der Waals surface area contributed by atoms with Gasteiger partial charge in [0.2, 0.25) is 0 Å². The van der Waals surface area contributed by atoms with Gasteiger partial charge in [0.1, 0.15) is 11.9 Å².